The van der Waals surface area contributed by atoms with E-state index in [1.807, 2.05) is 52.3 Å². The first-order valence-corrected chi connectivity index (χ1v) is 11.2. The molecule has 2 amide bonds. The van der Waals surface area contributed by atoms with Crippen LogP contribution < -0.4 is 15.8 Å². The van der Waals surface area contributed by atoms with E-state index in [1.165, 1.54) is 0 Å². The van der Waals surface area contributed by atoms with Crippen molar-refractivity contribution in [2.75, 3.05) is 37.6 Å². The van der Waals surface area contributed by atoms with Crippen molar-refractivity contribution in [3.05, 3.63) is 64.6 Å². The maximum atomic E-state index is 13.4. The van der Waals surface area contributed by atoms with Gasteiger partial charge in [0.05, 0.1) is 6.54 Å². The van der Waals surface area contributed by atoms with Crippen molar-refractivity contribution in [2.24, 2.45) is 5.92 Å². The zero-order chi connectivity index (χ0) is 22.5. The topological polar surface area (TPSA) is 83.4 Å². The fraction of sp³-hybridized carbons (Fsp3) is 0.417. The van der Waals surface area contributed by atoms with E-state index in [1.54, 1.807) is 10.8 Å². The number of aromatic nitrogens is 3. The second-order valence-electron chi connectivity index (χ2n) is 8.55. The van der Waals surface area contributed by atoms with Gasteiger partial charge in [-0.15, -0.1) is 0 Å². The van der Waals surface area contributed by atoms with Crippen molar-refractivity contribution in [1.29, 1.82) is 0 Å². The first-order chi connectivity index (χ1) is 15.5. The van der Waals surface area contributed by atoms with Crippen LogP contribution in [0.15, 0.2) is 53.5 Å². The van der Waals surface area contributed by atoms with Crippen LogP contribution >= 0.6 is 0 Å². The number of rotatable bonds is 6. The predicted octanol–water partition coefficient (Wildman–Crippen LogP) is 2.72. The van der Waals surface area contributed by atoms with Gasteiger partial charge in [0.2, 0.25) is 0 Å². The number of urea groups is 1. The van der Waals surface area contributed by atoms with Crippen molar-refractivity contribution in [3.63, 3.8) is 0 Å². The minimum Gasteiger partial charge on any atom is -0.348 e. The summed E-state index contributed by atoms with van der Waals surface area (Å²) in [6, 6.07) is 13.5. The number of piperazine rings is 1. The Morgan fingerprint density at radius 3 is 2.53 bits per heavy atom. The van der Waals surface area contributed by atoms with Crippen molar-refractivity contribution >= 4 is 23.0 Å². The Labute approximate surface area is 187 Å². The van der Waals surface area contributed by atoms with Gasteiger partial charge in [-0.2, -0.15) is 0 Å². The highest BCUT2D eigenvalue weighted by atomic mass is 16.2. The highest BCUT2D eigenvalue weighted by Crippen LogP contribution is 2.16. The Kier molecular flexibility index (Phi) is 6.68. The maximum Gasteiger partial charge on any atom is 0.317 e. The van der Waals surface area contributed by atoms with Crippen LogP contribution in [0.2, 0.25) is 0 Å². The van der Waals surface area contributed by atoms with Crippen LogP contribution in [0.4, 0.5) is 10.6 Å². The van der Waals surface area contributed by atoms with Gasteiger partial charge < -0.3 is 15.1 Å². The van der Waals surface area contributed by atoms with Gasteiger partial charge in [-0.3, -0.25) is 9.36 Å². The average Bonchev–Trinajstić information content (AvgIpc) is 2.81. The number of hydrogen-bond acceptors (Lipinski definition) is 5. The van der Waals surface area contributed by atoms with Crippen LogP contribution in [0.1, 0.15) is 25.8 Å². The Morgan fingerprint density at radius 2 is 1.81 bits per heavy atom. The second kappa shape index (κ2) is 9.80. The zero-order valence-electron chi connectivity index (χ0n) is 18.7. The second-order valence-corrected chi connectivity index (χ2v) is 8.55. The van der Waals surface area contributed by atoms with Crippen molar-refractivity contribution in [1.82, 2.24) is 24.8 Å². The summed E-state index contributed by atoms with van der Waals surface area (Å²) < 4.78 is 1.69. The molecule has 0 atom stereocenters. The molecular formula is C24H30N6O2. The maximum absolute atomic E-state index is 13.4. The molecule has 8 nitrogen and oxygen atoms in total. The number of amides is 2. The Balaban J connectivity index is 1.53. The molecule has 0 radical (unpaired) electrons. The number of anilines is 1. The smallest absolute Gasteiger partial charge is 0.317 e. The van der Waals surface area contributed by atoms with E-state index in [0.29, 0.717) is 62.2 Å². The van der Waals surface area contributed by atoms with Crippen molar-refractivity contribution in [3.8, 4) is 0 Å². The lowest BCUT2D eigenvalue weighted by Crippen LogP contribution is -2.53. The summed E-state index contributed by atoms with van der Waals surface area (Å²) in [7, 11) is 0. The van der Waals surface area contributed by atoms with Gasteiger partial charge >= 0.3 is 6.03 Å². The van der Waals surface area contributed by atoms with Crippen LogP contribution in [0.5, 0.6) is 0 Å². The molecule has 1 aromatic carbocycles. The number of nitrogens with one attached hydrogen (secondary N) is 1. The Bertz CT molecular complexity index is 1120. The number of carbonyl (C=O) groups is 1. The molecule has 0 aliphatic carbocycles. The van der Waals surface area contributed by atoms with E-state index in [4.69, 9.17) is 0 Å². The Morgan fingerprint density at radius 1 is 1.06 bits per heavy atom. The van der Waals surface area contributed by atoms with Gasteiger partial charge in [0.15, 0.2) is 11.5 Å². The highest BCUT2D eigenvalue weighted by molar-refractivity contribution is 5.75. The standard InChI is InChI=1S/C24H30N6O2/c1-18(2)10-12-26-24(32)29-15-13-28(14-16-29)22-23(31)30(17-19-7-4-3-5-8-19)21-20(27-22)9-6-11-25-21/h3-9,11,18H,10,12-17H2,1-2H3,(H,26,32). The molecule has 0 unspecified atom stereocenters. The molecule has 3 heterocycles. The third-order valence-corrected chi connectivity index (χ3v) is 5.73. The summed E-state index contributed by atoms with van der Waals surface area (Å²) in [5.74, 6) is 0.972. The molecule has 0 bridgehead atoms. The van der Waals surface area contributed by atoms with Crippen LogP contribution in [0.3, 0.4) is 0 Å². The van der Waals surface area contributed by atoms with Crippen molar-refractivity contribution in [2.45, 2.75) is 26.8 Å². The largest absolute Gasteiger partial charge is 0.348 e. The fourth-order valence-electron chi connectivity index (χ4n) is 3.88. The first-order valence-electron chi connectivity index (χ1n) is 11.2. The normalized spacial score (nSPS) is 14.2. The summed E-state index contributed by atoms with van der Waals surface area (Å²) in [5, 5.41) is 2.99. The van der Waals surface area contributed by atoms with Crippen LogP contribution in [-0.4, -0.2) is 58.2 Å². The molecule has 1 N–H and O–H groups in total. The molecule has 168 valence electrons. The lowest BCUT2D eigenvalue weighted by Gasteiger charge is -2.35. The summed E-state index contributed by atoms with van der Waals surface area (Å²) in [5.41, 5.74) is 2.14. The monoisotopic (exact) mass is 434 g/mol. The van der Waals surface area contributed by atoms with E-state index >= 15 is 0 Å². The van der Waals surface area contributed by atoms with Crippen LogP contribution in [-0.2, 0) is 6.54 Å². The molecule has 1 aliphatic rings. The number of benzene rings is 1. The zero-order valence-corrected chi connectivity index (χ0v) is 18.7. The molecule has 3 aromatic rings. The quantitative estimate of drug-likeness (QED) is 0.645. The first kappa shape index (κ1) is 21.8. The van der Waals surface area contributed by atoms with E-state index in [2.05, 4.69) is 29.1 Å². The minimum atomic E-state index is -0.158. The number of fused-ring (bicyclic) bond motifs is 1. The van der Waals surface area contributed by atoms with Crippen LogP contribution in [0, 0.1) is 5.92 Å². The lowest BCUT2D eigenvalue weighted by molar-refractivity contribution is 0.193. The van der Waals surface area contributed by atoms with E-state index in [0.717, 1.165) is 12.0 Å². The van der Waals surface area contributed by atoms with Gasteiger partial charge in [0.25, 0.3) is 5.56 Å². The molecule has 8 heteroatoms. The molecule has 1 fully saturated rings. The SMILES string of the molecule is CC(C)CCNC(=O)N1CCN(c2nc3cccnc3n(Cc3ccccc3)c2=O)CC1. The summed E-state index contributed by atoms with van der Waals surface area (Å²) in [6.07, 6.45) is 2.64. The molecule has 0 saturated carbocycles. The minimum absolute atomic E-state index is 0.0394. The molecule has 32 heavy (non-hydrogen) atoms. The molecule has 1 aliphatic heterocycles. The van der Waals surface area contributed by atoms with E-state index in [9.17, 15) is 9.59 Å². The summed E-state index contributed by atoms with van der Waals surface area (Å²) in [4.78, 5) is 38.7. The molecule has 1 saturated heterocycles. The predicted molar refractivity (Wildman–Crippen MR) is 126 cm³/mol. The molecule has 4 rings (SSSR count). The van der Waals surface area contributed by atoms with E-state index < -0.39 is 0 Å². The van der Waals surface area contributed by atoms with Gasteiger partial charge in [-0.05, 0) is 30.0 Å². The molecule has 0 spiro atoms. The van der Waals surface area contributed by atoms with Gasteiger partial charge in [0, 0.05) is 38.9 Å². The number of pyridine rings is 1. The number of hydrogen-bond donors (Lipinski definition) is 1. The highest BCUT2D eigenvalue weighted by Gasteiger charge is 2.25. The third kappa shape index (κ3) is 4.90. The summed E-state index contributed by atoms with van der Waals surface area (Å²) in [6.45, 7) is 7.63. The van der Waals surface area contributed by atoms with E-state index in [-0.39, 0.29) is 11.6 Å². The molecule has 2 aromatic heterocycles. The Hall–Kier alpha value is -3.42. The van der Waals surface area contributed by atoms with Gasteiger partial charge in [-0.25, -0.2) is 14.8 Å². The average molecular weight is 435 g/mol. The van der Waals surface area contributed by atoms with Gasteiger partial charge in [-0.1, -0.05) is 44.2 Å². The third-order valence-electron chi connectivity index (χ3n) is 5.73. The fourth-order valence-corrected chi connectivity index (χ4v) is 3.88. The number of nitrogens with zero attached hydrogens (tertiary/aromatic N) is 5. The number of carbonyl (C=O) groups excluding carboxylic acids is 1. The van der Waals surface area contributed by atoms with Crippen molar-refractivity contribution < 1.29 is 4.79 Å². The molecular weight excluding hydrogens is 404 g/mol. The van der Waals surface area contributed by atoms with Crippen LogP contribution in [0.25, 0.3) is 11.2 Å². The summed E-state index contributed by atoms with van der Waals surface area (Å²) >= 11 is 0. The lowest BCUT2D eigenvalue weighted by atomic mass is 10.1. The van der Waals surface area contributed by atoms with Gasteiger partial charge in [0.1, 0.15) is 5.52 Å².